The van der Waals surface area contributed by atoms with Crippen molar-refractivity contribution in [3.63, 3.8) is 0 Å². The zero-order valence-corrected chi connectivity index (χ0v) is 12.1. The van der Waals surface area contributed by atoms with Crippen molar-refractivity contribution in [3.8, 4) is 11.5 Å². The molecule has 6 heteroatoms. The first-order valence-corrected chi connectivity index (χ1v) is 7.79. The molecule has 2 aromatic rings. The van der Waals surface area contributed by atoms with E-state index in [2.05, 4.69) is 10.4 Å². The molecule has 100 valence electrons. The number of aryl methyl sites for hydroxylation is 1. The third kappa shape index (κ3) is 2.86. The maximum atomic E-state index is 6.20. The van der Waals surface area contributed by atoms with Crippen molar-refractivity contribution < 1.29 is 9.47 Å². The Morgan fingerprint density at radius 2 is 2.26 bits per heavy atom. The molecule has 1 aliphatic heterocycles. The van der Waals surface area contributed by atoms with Crippen LogP contribution >= 0.6 is 23.1 Å². The standard InChI is InChI=1S/C13H14N2O2S2/c1-8-5-18-13(15-8)19-6-10(14)9-2-3-11-12(4-9)17-7-16-11/h2-5,10H,6-7,14H2,1H3. The number of thiazole rings is 1. The Morgan fingerprint density at radius 1 is 1.42 bits per heavy atom. The number of hydrogen-bond acceptors (Lipinski definition) is 6. The number of aromatic nitrogens is 1. The van der Waals surface area contributed by atoms with Crippen molar-refractivity contribution in [1.82, 2.24) is 4.98 Å². The normalized spacial score (nSPS) is 14.6. The SMILES string of the molecule is Cc1csc(SCC(N)c2ccc3c(c2)OCO3)n1. The Kier molecular flexibility index (Phi) is 3.63. The lowest BCUT2D eigenvalue weighted by Crippen LogP contribution is -2.12. The van der Waals surface area contributed by atoms with Gasteiger partial charge in [-0.25, -0.2) is 4.98 Å². The van der Waals surface area contributed by atoms with Crippen molar-refractivity contribution in [2.45, 2.75) is 17.3 Å². The van der Waals surface area contributed by atoms with E-state index in [9.17, 15) is 0 Å². The van der Waals surface area contributed by atoms with Crippen LogP contribution in [0, 0.1) is 6.92 Å². The van der Waals surface area contributed by atoms with Crippen LogP contribution in [0.15, 0.2) is 27.9 Å². The van der Waals surface area contributed by atoms with E-state index in [1.807, 2.05) is 25.1 Å². The molecule has 0 fully saturated rings. The van der Waals surface area contributed by atoms with Gasteiger partial charge in [0.25, 0.3) is 0 Å². The summed E-state index contributed by atoms with van der Waals surface area (Å²) >= 11 is 3.35. The van der Waals surface area contributed by atoms with Gasteiger partial charge >= 0.3 is 0 Å². The third-order valence-electron chi connectivity index (χ3n) is 2.81. The number of nitrogens with zero attached hydrogens (tertiary/aromatic N) is 1. The molecule has 1 atom stereocenters. The van der Waals surface area contributed by atoms with Gasteiger partial charge in [0.1, 0.15) is 4.34 Å². The number of ether oxygens (including phenoxy) is 2. The summed E-state index contributed by atoms with van der Waals surface area (Å²) in [7, 11) is 0. The number of benzene rings is 1. The van der Waals surface area contributed by atoms with Gasteiger partial charge in [0.05, 0.1) is 0 Å². The van der Waals surface area contributed by atoms with Gasteiger partial charge in [-0.3, -0.25) is 0 Å². The van der Waals surface area contributed by atoms with Crippen molar-refractivity contribution in [1.29, 1.82) is 0 Å². The van der Waals surface area contributed by atoms with Crippen LogP contribution in [-0.4, -0.2) is 17.5 Å². The predicted octanol–water partition coefficient (Wildman–Crippen LogP) is 2.97. The zero-order valence-electron chi connectivity index (χ0n) is 10.5. The van der Waals surface area contributed by atoms with Gasteiger partial charge in [0.15, 0.2) is 11.5 Å². The van der Waals surface area contributed by atoms with E-state index in [0.29, 0.717) is 6.79 Å². The van der Waals surface area contributed by atoms with Crippen LogP contribution in [0.3, 0.4) is 0 Å². The highest BCUT2D eigenvalue weighted by atomic mass is 32.2. The second-order valence-corrected chi connectivity index (χ2v) is 6.41. The highest BCUT2D eigenvalue weighted by Crippen LogP contribution is 2.35. The maximum Gasteiger partial charge on any atom is 0.231 e. The summed E-state index contributed by atoms with van der Waals surface area (Å²) in [6.45, 7) is 2.29. The molecule has 0 saturated carbocycles. The average molecular weight is 294 g/mol. The van der Waals surface area contributed by atoms with Crippen LogP contribution in [0.1, 0.15) is 17.3 Å². The summed E-state index contributed by atoms with van der Waals surface area (Å²) < 4.78 is 11.7. The first-order valence-electron chi connectivity index (χ1n) is 5.92. The van der Waals surface area contributed by atoms with Crippen LogP contribution in [0.4, 0.5) is 0 Å². The molecule has 4 nitrogen and oxygen atoms in total. The quantitative estimate of drug-likeness (QED) is 0.879. The smallest absolute Gasteiger partial charge is 0.231 e. The fourth-order valence-corrected chi connectivity index (χ4v) is 3.66. The topological polar surface area (TPSA) is 57.4 Å². The van der Waals surface area contributed by atoms with E-state index < -0.39 is 0 Å². The second kappa shape index (κ2) is 5.40. The van der Waals surface area contributed by atoms with Crippen LogP contribution in [-0.2, 0) is 0 Å². The molecule has 0 amide bonds. The number of fused-ring (bicyclic) bond motifs is 1. The fraction of sp³-hybridized carbons (Fsp3) is 0.308. The molecule has 2 heterocycles. The molecule has 1 aromatic carbocycles. The van der Waals surface area contributed by atoms with E-state index in [4.69, 9.17) is 15.2 Å². The minimum Gasteiger partial charge on any atom is -0.454 e. The molecule has 19 heavy (non-hydrogen) atoms. The van der Waals surface area contributed by atoms with Gasteiger partial charge in [-0.05, 0) is 24.6 Å². The lowest BCUT2D eigenvalue weighted by Gasteiger charge is -2.11. The number of nitrogens with two attached hydrogens (primary N) is 1. The van der Waals surface area contributed by atoms with Gasteiger partial charge in [-0.15, -0.1) is 11.3 Å². The Bertz CT molecular complexity index is 586. The first-order chi connectivity index (χ1) is 9.22. The minimum absolute atomic E-state index is 0.0382. The van der Waals surface area contributed by atoms with Gasteiger partial charge in [-0.2, -0.15) is 0 Å². The van der Waals surface area contributed by atoms with E-state index in [1.54, 1.807) is 23.1 Å². The fourth-order valence-electron chi connectivity index (χ4n) is 1.80. The maximum absolute atomic E-state index is 6.20. The van der Waals surface area contributed by atoms with E-state index in [1.165, 1.54) is 0 Å². The number of rotatable bonds is 4. The van der Waals surface area contributed by atoms with Crippen LogP contribution in [0.25, 0.3) is 0 Å². The monoisotopic (exact) mass is 294 g/mol. The van der Waals surface area contributed by atoms with Gasteiger partial charge in [0, 0.05) is 22.9 Å². The Labute approximate surface area is 119 Å². The summed E-state index contributed by atoms with van der Waals surface area (Å²) in [6.07, 6.45) is 0. The van der Waals surface area contributed by atoms with E-state index in [-0.39, 0.29) is 6.04 Å². The summed E-state index contributed by atoms with van der Waals surface area (Å²) in [6, 6.07) is 5.83. The average Bonchev–Trinajstić information content (AvgIpc) is 3.03. The first kappa shape index (κ1) is 12.8. The predicted molar refractivity (Wildman–Crippen MR) is 77.1 cm³/mol. The zero-order chi connectivity index (χ0) is 13.2. The minimum atomic E-state index is -0.0382. The molecule has 1 aromatic heterocycles. The highest BCUT2D eigenvalue weighted by molar-refractivity contribution is 8.01. The van der Waals surface area contributed by atoms with Crippen molar-refractivity contribution >= 4 is 23.1 Å². The third-order valence-corrected chi connectivity index (χ3v) is 5.07. The molecule has 1 aliphatic rings. The van der Waals surface area contributed by atoms with Crippen molar-refractivity contribution in [2.75, 3.05) is 12.5 Å². The molecule has 2 N–H and O–H groups in total. The number of thioether (sulfide) groups is 1. The van der Waals surface area contributed by atoms with Gasteiger partial charge in [0.2, 0.25) is 6.79 Å². The lowest BCUT2D eigenvalue weighted by molar-refractivity contribution is 0.174. The van der Waals surface area contributed by atoms with Crippen LogP contribution in [0.2, 0.25) is 0 Å². The van der Waals surface area contributed by atoms with E-state index in [0.717, 1.165) is 32.8 Å². The molecule has 0 aliphatic carbocycles. The molecule has 0 bridgehead atoms. The molecule has 0 spiro atoms. The Morgan fingerprint density at radius 3 is 3.05 bits per heavy atom. The molecular weight excluding hydrogens is 280 g/mol. The molecular formula is C13H14N2O2S2. The molecule has 0 radical (unpaired) electrons. The summed E-state index contributed by atoms with van der Waals surface area (Å²) in [5, 5.41) is 2.05. The summed E-state index contributed by atoms with van der Waals surface area (Å²) in [5.74, 6) is 2.37. The second-order valence-electron chi connectivity index (χ2n) is 4.28. The lowest BCUT2D eigenvalue weighted by atomic mass is 10.1. The van der Waals surface area contributed by atoms with Gasteiger partial charge < -0.3 is 15.2 Å². The van der Waals surface area contributed by atoms with Crippen molar-refractivity contribution in [2.24, 2.45) is 5.73 Å². The largest absolute Gasteiger partial charge is 0.454 e. The van der Waals surface area contributed by atoms with Gasteiger partial charge in [-0.1, -0.05) is 17.8 Å². The Hall–Kier alpha value is -1.24. The van der Waals surface area contributed by atoms with E-state index >= 15 is 0 Å². The van der Waals surface area contributed by atoms with Crippen LogP contribution < -0.4 is 15.2 Å². The Balaban J connectivity index is 1.65. The van der Waals surface area contributed by atoms with Crippen molar-refractivity contribution in [3.05, 3.63) is 34.8 Å². The highest BCUT2D eigenvalue weighted by Gasteiger charge is 2.16. The molecule has 3 rings (SSSR count). The molecule has 0 saturated heterocycles. The van der Waals surface area contributed by atoms with Crippen LogP contribution in [0.5, 0.6) is 11.5 Å². The summed E-state index contributed by atoms with van der Waals surface area (Å²) in [5.41, 5.74) is 8.32. The molecule has 1 unspecified atom stereocenters. The summed E-state index contributed by atoms with van der Waals surface area (Å²) in [4.78, 5) is 4.42. The number of hydrogen-bond donors (Lipinski definition) is 1.